The summed E-state index contributed by atoms with van der Waals surface area (Å²) < 4.78 is 5.85. The molecule has 0 amide bonds. The Kier molecular flexibility index (Phi) is 5.46. The van der Waals surface area contributed by atoms with Crippen LogP contribution in [0.1, 0.15) is 44.9 Å². The number of nitrogens with one attached hydrogen (secondary N) is 1. The van der Waals surface area contributed by atoms with Crippen molar-refractivity contribution in [1.82, 2.24) is 10.2 Å². The third kappa shape index (κ3) is 3.94. The molecule has 1 heterocycles. The molecule has 0 aromatic carbocycles. The third-order valence-electron chi connectivity index (χ3n) is 4.61. The Morgan fingerprint density at radius 2 is 2.00 bits per heavy atom. The molecule has 1 atom stereocenters. The van der Waals surface area contributed by atoms with E-state index in [0.29, 0.717) is 11.5 Å². The Morgan fingerprint density at radius 3 is 2.61 bits per heavy atom. The van der Waals surface area contributed by atoms with Gasteiger partial charge in [0, 0.05) is 26.2 Å². The van der Waals surface area contributed by atoms with Crippen LogP contribution in [0.2, 0.25) is 0 Å². The Labute approximate surface area is 112 Å². The number of nitrogens with zero attached hydrogens (tertiary/aromatic N) is 1. The van der Waals surface area contributed by atoms with E-state index in [2.05, 4.69) is 24.3 Å². The standard InChI is InChI=1S/C15H30N2O/c1-16-12-15(8-4-5-9-15)13-17(2)11-14-7-3-6-10-18-14/h14,16H,3-13H2,1-2H3. The van der Waals surface area contributed by atoms with Gasteiger partial charge in [-0.2, -0.15) is 0 Å². The first-order valence-electron chi connectivity index (χ1n) is 7.69. The van der Waals surface area contributed by atoms with Gasteiger partial charge < -0.3 is 15.0 Å². The maximum absolute atomic E-state index is 5.85. The van der Waals surface area contributed by atoms with E-state index in [-0.39, 0.29) is 0 Å². The molecule has 106 valence electrons. The van der Waals surface area contributed by atoms with Crippen LogP contribution in [0.15, 0.2) is 0 Å². The molecule has 2 aliphatic rings. The molecule has 0 aromatic heterocycles. The SMILES string of the molecule is CNCC1(CN(C)CC2CCCCO2)CCCC1. The van der Waals surface area contributed by atoms with Crippen molar-refractivity contribution in [2.75, 3.05) is 40.3 Å². The average molecular weight is 254 g/mol. The van der Waals surface area contributed by atoms with Gasteiger partial charge in [0.15, 0.2) is 0 Å². The van der Waals surface area contributed by atoms with Gasteiger partial charge in [-0.25, -0.2) is 0 Å². The molecule has 1 N–H and O–H groups in total. The lowest BCUT2D eigenvalue weighted by molar-refractivity contribution is -0.00754. The van der Waals surface area contributed by atoms with E-state index in [1.807, 2.05) is 0 Å². The first kappa shape index (κ1) is 14.3. The predicted octanol–water partition coefficient (Wildman–Crippen LogP) is 2.27. The Bertz CT molecular complexity index is 233. The van der Waals surface area contributed by atoms with Gasteiger partial charge >= 0.3 is 0 Å². The minimum atomic E-state index is 0.483. The molecule has 0 radical (unpaired) electrons. The molecule has 1 saturated carbocycles. The fraction of sp³-hybridized carbons (Fsp3) is 1.00. The first-order chi connectivity index (χ1) is 8.74. The molecule has 3 heteroatoms. The topological polar surface area (TPSA) is 24.5 Å². The van der Waals surface area contributed by atoms with E-state index in [1.165, 1.54) is 58.0 Å². The van der Waals surface area contributed by atoms with Gasteiger partial charge in [-0.15, -0.1) is 0 Å². The summed E-state index contributed by atoms with van der Waals surface area (Å²) in [5.74, 6) is 0. The van der Waals surface area contributed by atoms with Crippen molar-refractivity contribution >= 4 is 0 Å². The maximum Gasteiger partial charge on any atom is 0.0701 e. The lowest BCUT2D eigenvalue weighted by atomic mass is 9.85. The molecule has 0 spiro atoms. The van der Waals surface area contributed by atoms with Gasteiger partial charge in [-0.05, 0) is 51.6 Å². The highest BCUT2D eigenvalue weighted by molar-refractivity contribution is 4.89. The molecule has 2 rings (SSSR count). The summed E-state index contributed by atoms with van der Waals surface area (Å²) in [5.41, 5.74) is 0.526. The lowest BCUT2D eigenvalue weighted by Gasteiger charge is -2.35. The quantitative estimate of drug-likeness (QED) is 0.787. The number of ether oxygens (including phenoxy) is 1. The molecule has 1 aliphatic carbocycles. The molecule has 0 aromatic rings. The maximum atomic E-state index is 5.85. The molecular weight excluding hydrogens is 224 g/mol. The molecule has 1 unspecified atom stereocenters. The summed E-state index contributed by atoms with van der Waals surface area (Å²) >= 11 is 0. The number of hydrogen-bond acceptors (Lipinski definition) is 3. The number of likely N-dealkylation sites (N-methyl/N-ethyl adjacent to an activating group) is 1. The van der Waals surface area contributed by atoms with Crippen molar-refractivity contribution in [3.05, 3.63) is 0 Å². The third-order valence-corrected chi connectivity index (χ3v) is 4.61. The summed E-state index contributed by atoms with van der Waals surface area (Å²) in [4.78, 5) is 2.51. The summed E-state index contributed by atoms with van der Waals surface area (Å²) in [6.07, 6.45) is 9.95. The van der Waals surface area contributed by atoms with Crippen LogP contribution in [0.3, 0.4) is 0 Å². The number of hydrogen-bond donors (Lipinski definition) is 1. The molecule has 1 aliphatic heterocycles. The van der Waals surface area contributed by atoms with E-state index in [0.717, 1.165) is 13.2 Å². The van der Waals surface area contributed by atoms with Crippen molar-refractivity contribution < 1.29 is 4.74 Å². The van der Waals surface area contributed by atoms with Gasteiger partial charge in [0.25, 0.3) is 0 Å². The molecule has 18 heavy (non-hydrogen) atoms. The smallest absolute Gasteiger partial charge is 0.0701 e. The van der Waals surface area contributed by atoms with Crippen LogP contribution < -0.4 is 5.32 Å². The Hall–Kier alpha value is -0.120. The zero-order valence-electron chi connectivity index (χ0n) is 12.2. The van der Waals surface area contributed by atoms with Gasteiger partial charge in [0.1, 0.15) is 0 Å². The Morgan fingerprint density at radius 1 is 1.22 bits per heavy atom. The van der Waals surface area contributed by atoms with Crippen LogP contribution in [0, 0.1) is 5.41 Å². The zero-order valence-corrected chi connectivity index (χ0v) is 12.2. The monoisotopic (exact) mass is 254 g/mol. The van der Waals surface area contributed by atoms with E-state index in [4.69, 9.17) is 4.74 Å². The second-order valence-corrected chi connectivity index (χ2v) is 6.42. The van der Waals surface area contributed by atoms with Gasteiger partial charge in [0.2, 0.25) is 0 Å². The van der Waals surface area contributed by atoms with E-state index in [9.17, 15) is 0 Å². The van der Waals surface area contributed by atoms with E-state index < -0.39 is 0 Å². The second-order valence-electron chi connectivity index (χ2n) is 6.42. The predicted molar refractivity (Wildman–Crippen MR) is 75.9 cm³/mol. The summed E-state index contributed by atoms with van der Waals surface area (Å²) in [6.45, 7) is 4.49. The molecule has 3 nitrogen and oxygen atoms in total. The molecule has 0 bridgehead atoms. The molecule has 2 fully saturated rings. The van der Waals surface area contributed by atoms with Crippen molar-refractivity contribution in [3.8, 4) is 0 Å². The highest BCUT2D eigenvalue weighted by Crippen LogP contribution is 2.38. The largest absolute Gasteiger partial charge is 0.377 e. The zero-order chi connectivity index (χ0) is 12.8. The van der Waals surface area contributed by atoms with Gasteiger partial charge in [-0.1, -0.05) is 12.8 Å². The van der Waals surface area contributed by atoms with Crippen LogP contribution in [-0.4, -0.2) is 51.3 Å². The summed E-state index contributed by atoms with van der Waals surface area (Å²) in [5, 5.41) is 3.40. The van der Waals surface area contributed by atoms with Crippen molar-refractivity contribution in [3.63, 3.8) is 0 Å². The Balaban J connectivity index is 1.78. The van der Waals surface area contributed by atoms with Crippen LogP contribution >= 0.6 is 0 Å². The van der Waals surface area contributed by atoms with E-state index in [1.54, 1.807) is 0 Å². The molecule has 1 saturated heterocycles. The second kappa shape index (κ2) is 6.88. The van der Waals surface area contributed by atoms with Crippen LogP contribution in [0.5, 0.6) is 0 Å². The highest BCUT2D eigenvalue weighted by atomic mass is 16.5. The van der Waals surface area contributed by atoms with Gasteiger partial charge in [-0.3, -0.25) is 0 Å². The highest BCUT2D eigenvalue weighted by Gasteiger charge is 2.34. The normalized spacial score (nSPS) is 27.8. The van der Waals surface area contributed by atoms with Crippen molar-refractivity contribution in [1.29, 1.82) is 0 Å². The first-order valence-corrected chi connectivity index (χ1v) is 7.69. The minimum Gasteiger partial charge on any atom is -0.377 e. The van der Waals surface area contributed by atoms with Crippen molar-refractivity contribution in [2.45, 2.75) is 51.0 Å². The minimum absolute atomic E-state index is 0.483. The molecular formula is C15H30N2O. The van der Waals surface area contributed by atoms with Crippen LogP contribution in [-0.2, 0) is 4.74 Å². The van der Waals surface area contributed by atoms with Crippen LogP contribution in [0.4, 0.5) is 0 Å². The number of rotatable bonds is 6. The fourth-order valence-electron chi connectivity index (χ4n) is 3.83. The van der Waals surface area contributed by atoms with Crippen molar-refractivity contribution in [2.24, 2.45) is 5.41 Å². The summed E-state index contributed by atoms with van der Waals surface area (Å²) in [7, 11) is 4.36. The summed E-state index contributed by atoms with van der Waals surface area (Å²) in [6, 6.07) is 0. The van der Waals surface area contributed by atoms with Crippen LogP contribution in [0.25, 0.3) is 0 Å². The van der Waals surface area contributed by atoms with Gasteiger partial charge in [0.05, 0.1) is 6.10 Å². The average Bonchev–Trinajstić information content (AvgIpc) is 2.79. The van der Waals surface area contributed by atoms with E-state index >= 15 is 0 Å². The fourth-order valence-corrected chi connectivity index (χ4v) is 3.83. The lowest BCUT2D eigenvalue weighted by Crippen LogP contribution is -2.43.